The van der Waals surface area contributed by atoms with E-state index in [4.69, 9.17) is 9.72 Å². The zero-order valence-electron chi connectivity index (χ0n) is 24.5. The summed E-state index contributed by atoms with van der Waals surface area (Å²) < 4.78 is 5.86. The van der Waals surface area contributed by atoms with E-state index in [2.05, 4.69) is 48.3 Å². The maximum Gasteiger partial charge on any atom is 0.251 e. The van der Waals surface area contributed by atoms with Gasteiger partial charge in [-0.3, -0.25) is 14.4 Å². The topological polar surface area (TPSA) is 95.1 Å². The third-order valence-corrected chi connectivity index (χ3v) is 9.77. The van der Waals surface area contributed by atoms with Gasteiger partial charge in [-0.25, -0.2) is 4.98 Å². The molecular weight excluding hydrogens is 538 g/mol. The fourth-order valence-corrected chi connectivity index (χ4v) is 7.34. The maximum absolute atomic E-state index is 13.9. The van der Waals surface area contributed by atoms with Gasteiger partial charge in [0, 0.05) is 55.1 Å². The van der Waals surface area contributed by atoms with Gasteiger partial charge < -0.3 is 24.8 Å². The van der Waals surface area contributed by atoms with Crippen LogP contribution in [0.15, 0.2) is 29.6 Å². The molecule has 1 N–H and O–H groups in total. The van der Waals surface area contributed by atoms with Crippen molar-refractivity contribution in [2.75, 3.05) is 51.3 Å². The molecule has 220 valence electrons. The lowest BCUT2D eigenvalue weighted by molar-refractivity contribution is -0.138. The Morgan fingerprint density at radius 3 is 2.49 bits per heavy atom. The maximum atomic E-state index is 13.9. The molecule has 6 rings (SSSR count). The van der Waals surface area contributed by atoms with Crippen LogP contribution in [0.2, 0.25) is 0 Å². The van der Waals surface area contributed by atoms with Crippen LogP contribution in [0.25, 0.3) is 11.3 Å². The second-order valence-corrected chi connectivity index (χ2v) is 14.2. The molecule has 0 bridgehead atoms. The number of nitrogens with zero attached hydrogens (tertiary/aromatic N) is 4. The van der Waals surface area contributed by atoms with Gasteiger partial charge in [0.25, 0.3) is 5.91 Å². The van der Waals surface area contributed by atoms with E-state index in [0.717, 1.165) is 55.4 Å². The molecule has 1 aromatic heterocycles. The molecule has 2 amide bonds. The van der Waals surface area contributed by atoms with E-state index in [-0.39, 0.29) is 41.6 Å². The molecular formula is C31H41N5O4S. The second kappa shape index (κ2) is 11.1. The predicted molar refractivity (Wildman–Crippen MR) is 159 cm³/mol. The first-order valence-corrected chi connectivity index (χ1v) is 15.7. The number of nitrogens with one attached hydrogen (secondary N) is 1. The van der Waals surface area contributed by atoms with E-state index in [1.54, 1.807) is 28.4 Å². The number of fused-ring (bicyclic) bond motifs is 1. The minimum absolute atomic E-state index is 0.0271. The molecule has 9 nitrogen and oxygen atoms in total. The molecule has 3 aliphatic heterocycles. The van der Waals surface area contributed by atoms with Gasteiger partial charge in [0.1, 0.15) is 18.7 Å². The van der Waals surface area contributed by atoms with Gasteiger partial charge in [-0.2, -0.15) is 0 Å². The third-order valence-electron chi connectivity index (χ3n) is 8.86. The summed E-state index contributed by atoms with van der Waals surface area (Å²) in [4.78, 5) is 51.3. The molecule has 1 aliphatic carbocycles. The number of aromatic nitrogens is 1. The average Bonchev–Trinajstić information content (AvgIpc) is 3.35. The highest BCUT2D eigenvalue weighted by atomic mass is 32.1. The molecule has 1 aromatic carbocycles. The lowest BCUT2D eigenvalue weighted by atomic mass is 9.87. The predicted octanol–water partition coefficient (Wildman–Crippen LogP) is 3.30. The molecule has 4 aliphatic rings. The highest BCUT2D eigenvalue weighted by Crippen LogP contribution is 2.46. The van der Waals surface area contributed by atoms with Crippen LogP contribution in [0.5, 0.6) is 0 Å². The molecule has 2 aromatic rings. The molecule has 1 saturated carbocycles. The number of thiazole rings is 1. The Morgan fingerprint density at radius 2 is 1.83 bits per heavy atom. The van der Waals surface area contributed by atoms with E-state index in [1.165, 1.54) is 0 Å². The quantitative estimate of drug-likeness (QED) is 0.538. The molecule has 10 heteroatoms. The van der Waals surface area contributed by atoms with Crippen LogP contribution in [0.3, 0.4) is 0 Å². The van der Waals surface area contributed by atoms with Crippen molar-refractivity contribution in [2.45, 2.75) is 58.2 Å². The lowest BCUT2D eigenvalue weighted by Gasteiger charge is -2.32. The number of Topliss-reactive ketones (excluding diaryl/α,β-unsaturated/α-hetero) is 1. The van der Waals surface area contributed by atoms with Crippen molar-refractivity contribution in [2.24, 2.45) is 17.3 Å². The Kier molecular flexibility index (Phi) is 7.67. The van der Waals surface area contributed by atoms with Crippen LogP contribution in [0.4, 0.5) is 5.13 Å². The third kappa shape index (κ3) is 6.05. The number of hydrogen-bond donors (Lipinski definition) is 1. The smallest absolute Gasteiger partial charge is 0.251 e. The van der Waals surface area contributed by atoms with Gasteiger partial charge in [-0.05, 0) is 49.8 Å². The number of piperazine rings is 1. The largest absolute Gasteiger partial charge is 0.367 e. The molecule has 4 atom stereocenters. The van der Waals surface area contributed by atoms with Gasteiger partial charge >= 0.3 is 0 Å². The van der Waals surface area contributed by atoms with Crippen LogP contribution in [-0.2, 0) is 14.3 Å². The van der Waals surface area contributed by atoms with Crippen LogP contribution in [-0.4, -0.2) is 96.9 Å². The number of benzene rings is 1. The first-order chi connectivity index (χ1) is 19.6. The normalized spacial score (nSPS) is 25.9. The summed E-state index contributed by atoms with van der Waals surface area (Å²) in [5, 5.41) is 6.11. The zero-order valence-corrected chi connectivity index (χ0v) is 25.3. The summed E-state index contributed by atoms with van der Waals surface area (Å²) in [6, 6.07) is 6.17. The number of likely N-dealkylation sites (N-methyl/N-ethyl adjacent to an activating group) is 1. The van der Waals surface area contributed by atoms with Crippen LogP contribution in [0.1, 0.15) is 50.4 Å². The SMILES string of the molecule is CN1CCN(c2nc(-c3ccc(C(=O)N[C@@H](CC(C)(C)C)C(=O)N4C[C@H](C5CC5)[C@H]5OCC(=O)[C@H]54)cc3)cs2)CC1. The van der Waals surface area contributed by atoms with Crippen molar-refractivity contribution < 1.29 is 19.1 Å². The fourth-order valence-electron chi connectivity index (χ4n) is 6.45. The highest BCUT2D eigenvalue weighted by molar-refractivity contribution is 7.14. The summed E-state index contributed by atoms with van der Waals surface area (Å²) in [5.41, 5.74) is 2.14. The highest BCUT2D eigenvalue weighted by Gasteiger charge is 2.56. The minimum atomic E-state index is -0.723. The molecule has 0 radical (unpaired) electrons. The van der Waals surface area contributed by atoms with Crippen LogP contribution >= 0.6 is 11.3 Å². The summed E-state index contributed by atoms with van der Waals surface area (Å²) >= 11 is 1.65. The number of carbonyl (C=O) groups excluding carboxylic acids is 3. The Bertz CT molecular complexity index is 1290. The number of rotatable bonds is 7. The first-order valence-electron chi connectivity index (χ1n) is 14.8. The van der Waals surface area contributed by atoms with E-state index < -0.39 is 12.1 Å². The number of likely N-dealkylation sites (tertiary alicyclic amines) is 1. The Morgan fingerprint density at radius 1 is 1.12 bits per heavy atom. The molecule has 4 fully saturated rings. The molecule has 0 spiro atoms. The second-order valence-electron chi connectivity index (χ2n) is 13.4. The number of ether oxygens (including phenoxy) is 1. The van der Waals surface area contributed by atoms with E-state index in [9.17, 15) is 14.4 Å². The van der Waals surface area contributed by atoms with Crippen molar-refractivity contribution in [1.29, 1.82) is 0 Å². The number of hydrogen-bond acceptors (Lipinski definition) is 8. The molecule has 41 heavy (non-hydrogen) atoms. The fraction of sp³-hybridized carbons (Fsp3) is 0.613. The summed E-state index contributed by atoms with van der Waals surface area (Å²) in [6.45, 7) is 10.8. The van der Waals surface area contributed by atoms with Crippen molar-refractivity contribution in [3.05, 3.63) is 35.2 Å². The van der Waals surface area contributed by atoms with Crippen LogP contribution in [0, 0.1) is 17.3 Å². The van der Waals surface area contributed by atoms with Crippen molar-refractivity contribution >= 4 is 34.1 Å². The first kappa shape index (κ1) is 28.3. The van der Waals surface area contributed by atoms with Gasteiger partial charge in [0.2, 0.25) is 5.91 Å². The number of carbonyl (C=O) groups is 3. The standard InChI is InChI=1S/C31H41N5O4S/c1-31(2,3)15-23(29(39)36-16-22(19-5-6-19)27-26(36)25(37)17-40-27)32-28(38)21-9-7-20(8-10-21)24-18-41-30(33-24)35-13-11-34(4)12-14-35/h7-10,18-19,22-23,26-27H,5-6,11-17H2,1-4H3,(H,32,38)/t22-,23+,26-,27-/m1/s1. The van der Waals surface area contributed by atoms with Crippen molar-refractivity contribution in [3.8, 4) is 11.3 Å². The summed E-state index contributed by atoms with van der Waals surface area (Å²) in [6.07, 6.45) is 2.52. The Hall–Kier alpha value is -2.82. The Labute approximate surface area is 246 Å². The van der Waals surface area contributed by atoms with E-state index in [1.807, 2.05) is 12.1 Å². The van der Waals surface area contributed by atoms with Gasteiger partial charge in [-0.1, -0.05) is 32.9 Å². The average molecular weight is 580 g/mol. The van der Waals surface area contributed by atoms with Crippen molar-refractivity contribution in [3.63, 3.8) is 0 Å². The number of ketones is 1. The molecule has 0 unspecified atom stereocenters. The zero-order chi connectivity index (χ0) is 28.9. The molecule has 4 heterocycles. The van der Waals surface area contributed by atoms with Gasteiger partial charge in [0.15, 0.2) is 10.9 Å². The number of amides is 2. The van der Waals surface area contributed by atoms with Gasteiger partial charge in [-0.15, -0.1) is 11.3 Å². The molecule has 3 saturated heterocycles. The van der Waals surface area contributed by atoms with E-state index in [0.29, 0.717) is 24.4 Å². The van der Waals surface area contributed by atoms with Crippen molar-refractivity contribution in [1.82, 2.24) is 20.1 Å². The van der Waals surface area contributed by atoms with Crippen LogP contribution < -0.4 is 10.2 Å². The Balaban J connectivity index is 1.15. The minimum Gasteiger partial charge on any atom is -0.367 e. The monoisotopic (exact) mass is 579 g/mol. The lowest BCUT2D eigenvalue weighted by Crippen LogP contribution is -2.53. The van der Waals surface area contributed by atoms with E-state index >= 15 is 0 Å². The number of anilines is 1. The summed E-state index contributed by atoms with van der Waals surface area (Å²) in [7, 11) is 2.14. The van der Waals surface area contributed by atoms with Gasteiger partial charge in [0.05, 0.1) is 11.8 Å². The summed E-state index contributed by atoms with van der Waals surface area (Å²) in [5.74, 6) is 0.229.